The Labute approximate surface area is 276 Å². The Bertz CT molecular complexity index is 2260. The predicted molar refractivity (Wildman–Crippen MR) is 196 cm³/mol. The van der Waals surface area contributed by atoms with Crippen molar-refractivity contribution in [3.05, 3.63) is 173 Å². The summed E-state index contributed by atoms with van der Waals surface area (Å²) >= 11 is 0. The molecule has 1 N–H and O–H groups in total. The number of hydrogen-bond acceptors (Lipinski definition) is 2. The van der Waals surface area contributed by atoms with E-state index in [1.807, 2.05) is 6.07 Å². The third-order valence-electron chi connectivity index (χ3n) is 10.4. The highest BCUT2D eigenvalue weighted by Gasteiger charge is 2.36. The number of amidine groups is 1. The van der Waals surface area contributed by atoms with Gasteiger partial charge in [0.25, 0.3) is 0 Å². The number of aliphatic imine (C=N–C) groups is 1. The lowest BCUT2D eigenvalue weighted by Crippen LogP contribution is -2.31. The van der Waals surface area contributed by atoms with E-state index in [0.717, 1.165) is 29.1 Å². The van der Waals surface area contributed by atoms with Gasteiger partial charge in [0.1, 0.15) is 5.84 Å². The molecule has 1 aromatic heterocycles. The molecule has 228 valence electrons. The van der Waals surface area contributed by atoms with Gasteiger partial charge < -0.3 is 9.88 Å². The molecule has 0 bridgehead atoms. The van der Waals surface area contributed by atoms with Gasteiger partial charge in [-0.1, -0.05) is 124 Å². The minimum Gasteiger partial charge on any atom is -0.359 e. The van der Waals surface area contributed by atoms with E-state index in [1.54, 1.807) is 0 Å². The molecular weight excluding hydrogens is 571 g/mol. The van der Waals surface area contributed by atoms with E-state index >= 15 is 0 Å². The van der Waals surface area contributed by atoms with Crippen molar-refractivity contribution in [2.75, 3.05) is 0 Å². The summed E-state index contributed by atoms with van der Waals surface area (Å²) < 4.78 is 2.48. The normalized spacial score (nSPS) is 19.0. The standard InChI is InChI=1S/C44H37N3/c1-28-18-23-41-35(24-28)36-25-38-34(33-16-10-11-17-37(33)44(38,2)3)26-42(36)47(41)32-21-19-30(20-22-32)40-27-39(29-12-6-4-7-13-29)45-43(46-40)31-14-8-5-9-15-31/h4-23,25-28,39H,24H2,1-3H3,(H,45,46). The Morgan fingerprint density at radius 1 is 0.745 bits per heavy atom. The van der Waals surface area contributed by atoms with Crippen LogP contribution >= 0.6 is 0 Å². The number of fused-ring (bicyclic) bond motifs is 6. The summed E-state index contributed by atoms with van der Waals surface area (Å²) in [6, 6.07) is 44.0. The highest BCUT2D eigenvalue weighted by molar-refractivity contribution is 6.03. The minimum absolute atomic E-state index is 0.0216. The van der Waals surface area contributed by atoms with Gasteiger partial charge in [-0.3, -0.25) is 0 Å². The third kappa shape index (κ3) is 4.45. The van der Waals surface area contributed by atoms with Gasteiger partial charge in [0.15, 0.2) is 0 Å². The lowest BCUT2D eigenvalue weighted by atomic mass is 9.81. The average molecular weight is 608 g/mol. The molecule has 9 rings (SSSR count). The molecule has 2 aliphatic carbocycles. The van der Waals surface area contributed by atoms with Gasteiger partial charge in [0, 0.05) is 33.3 Å². The van der Waals surface area contributed by atoms with Crippen LogP contribution < -0.4 is 5.32 Å². The van der Waals surface area contributed by atoms with Crippen molar-refractivity contribution in [1.29, 1.82) is 0 Å². The van der Waals surface area contributed by atoms with Crippen molar-refractivity contribution in [1.82, 2.24) is 9.88 Å². The van der Waals surface area contributed by atoms with Gasteiger partial charge in [-0.05, 0) is 82.1 Å². The Kier molecular flexibility index (Phi) is 6.26. The lowest BCUT2D eigenvalue weighted by Gasteiger charge is -2.24. The van der Waals surface area contributed by atoms with E-state index in [2.05, 4.69) is 164 Å². The maximum atomic E-state index is 5.14. The highest BCUT2D eigenvalue weighted by atomic mass is 15.0. The Morgan fingerprint density at radius 3 is 2.26 bits per heavy atom. The zero-order valence-corrected chi connectivity index (χ0v) is 27.0. The molecule has 0 spiro atoms. The maximum absolute atomic E-state index is 5.14. The lowest BCUT2D eigenvalue weighted by molar-refractivity contribution is 0.661. The molecule has 47 heavy (non-hydrogen) atoms. The molecule has 3 heteroatoms. The Hall–Kier alpha value is -5.41. The Morgan fingerprint density at radius 2 is 1.47 bits per heavy atom. The van der Waals surface area contributed by atoms with E-state index in [4.69, 9.17) is 4.99 Å². The van der Waals surface area contributed by atoms with Crippen LogP contribution in [0.4, 0.5) is 0 Å². The quantitative estimate of drug-likeness (QED) is 0.212. The molecule has 0 fully saturated rings. The van der Waals surface area contributed by atoms with Crippen LogP contribution in [0.2, 0.25) is 0 Å². The zero-order valence-electron chi connectivity index (χ0n) is 27.0. The second-order valence-electron chi connectivity index (χ2n) is 13.8. The predicted octanol–water partition coefficient (Wildman–Crippen LogP) is 10.3. The molecule has 2 unspecified atom stereocenters. The molecule has 2 heterocycles. The highest BCUT2D eigenvalue weighted by Crippen LogP contribution is 2.51. The van der Waals surface area contributed by atoms with Crippen LogP contribution in [0.15, 0.2) is 138 Å². The zero-order chi connectivity index (χ0) is 31.7. The summed E-state index contributed by atoms with van der Waals surface area (Å²) in [5.74, 6) is 1.41. The van der Waals surface area contributed by atoms with Gasteiger partial charge in [0.05, 0.1) is 17.3 Å². The molecular formula is C44H37N3. The summed E-state index contributed by atoms with van der Waals surface area (Å²) in [7, 11) is 0. The third-order valence-corrected chi connectivity index (χ3v) is 10.4. The van der Waals surface area contributed by atoms with Crippen molar-refractivity contribution >= 4 is 28.5 Å². The molecule has 6 aromatic rings. The topological polar surface area (TPSA) is 29.3 Å². The van der Waals surface area contributed by atoms with Gasteiger partial charge >= 0.3 is 0 Å². The van der Waals surface area contributed by atoms with Crippen molar-refractivity contribution in [3.63, 3.8) is 0 Å². The molecule has 1 aliphatic heterocycles. The molecule has 0 radical (unpaired) electrons. The first kappa shape index (κ1) is 27.9. The number of allylic oxidation sites excluding steroid dienone is 1. The second kappa shape index (κ2) is 10.6. The van der Waals surface area contributed by atoms with Crippen LogP contribution in [0.1, 0.15) is 65.9 Å². The monoisotopic (exact) mass is 607 g/mol. The number of nitrogens with zero attached hydrogens (tertiary/aromatic N) is 2. The van der Waals surface area contributed by atoms with E-state index < -0.39 is 0 Å². The molecule has 0 saturated heterocycles. The fraction of sp³-hybridized carbons (Fsp3) is 0.159. The molecule has 0 amide bonds. The van der Waals surface area contributed by atoms with E-state index in [9.17, 15) is 0 Å². The van der Waals surface area contributed by atoms with Gasteiger partial charge in [-0.25, -0.2) is 4.99 Å². The molecule has 3 nitrogen and oxygen atoms in total. The number of rotatable bonds is 4. The molecule has 0 saturated carbocycles. The van der Waals surface area contributed by atoms with Crippen molar-refractivity contribution in [2.45, 2.75) is 38.6 Å². The molecule has 3 aliphatic rings. The van der Waals surface area contributed by atoms with Crippen LogP contribution in [0.25, 0.3) is 39.5 Å². The maximum Gasteiger partial charge on any atom is 0.134 e. The summed E-state index contributed by atoms with van der Waals surface area (Å²) in [6.45, 7) is 7.07. The fourth-order valence-electron chi connectivity index (χ4n) is 7.94. The number of hydrogen-bond donors (Lipinski definition) is 1. The molecule has 5 aromatic carbocycles. The van der Waals surface area contributed by atoms with Gasteiger partial charge in [-0.15, -0.1) is 0 Å². The number of benzene rings is 5. The van der Waals surface area contributed by atoms with Crippen molar-refractivity contribution in [3.8, 4) is 16.8 Å². The van der Waals surface area contributed by atoms with Gasteiger partial charge in [-0.2, -0.15) is 0 Å². The first-order valence-electron chi connectivity index (χ1n) is 16.7. The van der Waals surface area contributed by atoms with Crippen molar-refractivity contribution < 1.29 is 0 Å². The van der Waals surface area contributed by atoms with Crippen LogP contribution in [-0.2, 0) is 11.8 Å². The van der Waals surface area contributed by atoms with Gasteiger partial charge in [0.2, 0.25) is 0 Å². The van der Waals surface area contributed by atoms with Crippen LogP contribution in [0, 0.1) is 5.92 Å². The summed E-state index contributed by atoms with van der Waals surface area (Å²) in [5, 5.41) is 5.05. The number of aromatic nitrogens is 1. The minimum atomic E-state index is -0.0216. The number of nitrogens with one attached hydrogen (secondary N) is 1. The first-order chi connectivity index (χ1) is 23.0. The van der Waals surface area contributed by atoms with E-state index in [1.165, 1.54) is 55.7 Å². The summed E-state index contributed by atoms with van der Waals surface area (Å²) in [5.41, 5.74) is 15.1. The van der Waals surface area contributed by atoms with Crippen LogP contribution in [0.3, 0.4) is 0 Å². The van der Waals surface area contributed by atoms with Crippen LogP contribution in [-0.4, -0.2) is 10.4 Å². The van der Waals surface area contributed by atoms with Crippen LogP contribution in [0.5, 0.6) is 0 Å². The van der Waals surface area contributed by atoms with E-state index in [-0.39, 0.29) is 11.5 Å². The summed E-state index contributed by atoms with van der Waals surface area (Å²) in [4.78, 5) is 5.14. The smallest absolute Gasteiger partial charge is 0.134 e. The van der Waals surface area contributed by atoms with E-state index in [0.29, 0.717) is 5.92 Å². The SMILES string of the molecule is CC1C=Cc2c(c3cc4c(cc3n2-c2ccc(C3=CC(c5ccccc5)NC(c5ccccc5)=N3)cc2)-c2ccccc2C4(C)C)C1. The van der Waals surface area contributed by atoms with Crippen molar-refractivity contribution in [2.24, 2.45) is 10.9 Å². The first-order valence-corrected chi connectivity index (χ1v) is 16.7. The second-order valence-corrected chi connectivity index (χ2v) is 13.8. The molecule has 2 atom stereocenters. The largest absolute Gasteiger partial charge is 0.359 e. The average Bonchev–Trinajstić information content (AvgIpc) is 3.55. The fourth-order valence-corrected chi connectivity index (χ4v) is 7.94. The Balaban J connectivity index is 1.18. The summed E-state index contributed by atoms with van der Waals surface area (Å²) in [6.07, 6.45) is 8.01.